The van der Waals surface area contributed by atoms with E-state index in [0.29, 0.717) is 18.2 Å². The van der Waals surface area contributed by atoms with Crippen LogP contribution in [0, 0.1) is 5.82 Å². The summed E-state index contributed by atoms with van der Waals surface area (Å²) in [4.78, 5) is 11.1. The van der Waals surface area contributed by atoms with Crippen LogP contribution in [0.5, 0.6) is 5.75 Å². The Hall–Kier alpha value is -0.753. The molecule has 3 nitrogen and oxygen atoms in total. The van der Waals surface area contributed by atoms with Gasteiger partial charge in [-0.05, 0) is 36.2 Å². The Bertz CT molecular complexity index is 592. The molecule has 8 heteroatoms. The zero-order chi connectivity index (χ0) is 19.4. The van der Waals surface area contributed by atoms with E-state index in [1.807, 2.05) is 0 Å². The predicted octanol–water partition coefficient (Wildman–Crippen LogP) is 6.39. The number of carbonyl (C=O) groups excluding carboxylic acids is 1. The van der Waals surface area contributed by atoms with Crippen LogP contribution in [0.1, 0.15) is 44.1 Å². The topological polar surface area (TPSA) is 35.5 Å². The van der Waals surface area contributed by atoms with Crippen LogP contribution in [0.4, 0.5) is 4.39 Å². The van der Waals surface area contributed by atoms with Gasteiger partial charge in [0.25, 0.3) is 0 Å². The summed E-state index contributed by atoms with van der Waals surface area (Å²) in [6.45, 7) is 0.447. The van der Waals surface area contributed by atoms with Crippen molar-refractivity contribution in [3.63, 3.8) is 0 Å². The molecule has 0 amide bonds. The van der Waals surface area contributed by atoms with Crippen LogP contribution in [-0.2, 0) is 9.53 Å². The first-order valence-electron chi connectivity index (χ1n) is 8.57. The van der Waals surface area contributed by atoms with Crippen LogP contribution < -0.4 is 4.74 Å². The van der Waals surface area contributed by atoms with E-state index in [0.717, 1.165) is 38.5 Å². The molecule has 0 saturated heterocycles. The lowest BCUT2D eigenvalue weighted by Crippen LogP contribution is -2.07. The zero-order valence-electron chi connectivity index (χ0n) is 14.8. The molecule has 0 aliphatic heterocycles. The highest BCUT2D eigenvalue weighted by atomic mass is 35.8. The van der Waals surface area contributed by atoms with E-state index in [2.05, 4.69) is 4.74 Å². The Morgan fingerprint density at radius 2 is 1.77 bits per heavy atom. The van der Waals surface area contributed by atoms with Crippen LogP contribution in [0.2, 0.25) is 6.04 Å². The molecular weight excluding hydrogens is 418 g/mol. The van der Waals surface area contributed by atoms with Crippen molar-refractivity contribution >= 4 is 51.3 Å². The fourth-order valence-electron chi connectivity index (χ4n) is 2.28. The highest BCUT2D eigenvalue weighted by Crippen LogP contribution is 2.27. The van der Waals surface area contributed by atoms with Gasteiger partial charge in [0.1, 0.15) is 0 Å². The highest BCUT2D eigenvalue weighted by molar-refractivity contribution is 7.64. The standard InChI is InChI=1S/C18H24Cl3FO3Si/c1-24-18(23)11-9-15-8-10-16(22)17(14-15)25-12-6-4-2-3-5-7-13-26(19,20)21/h8-11,14H,2-7,12-13H2,1H3/b11-9+. The number of halogens is 4. The molecule has 0 bridgehead atoms. The lowest BCUT2D eigenvalue weighted by molar-refractivity contribution is -0.134. The normalized spacial score (nSPS) is 11.7. The van der Waals surface area contributed by atoms with Crippen molar-refractivity contribution in [3.8, 4) is 5.75 Å². The van der Waals surface area contributed by atoms with E-state index < -0.39 is 17.8 Å². The average molecular weight is 442 g/mol. The van der Waals surface area contributed by atoms with Crippen LogP contribution in [0.25, 0.3) is 6.08 Å². The summed E-state index contributed by atoms with van der Waals surface area (Å²) in [5.41, 5.74) is 0.671. The number of methoxy groups -OCH3 is 1. The van der Waals surface area contributed by atoms with Gasteiger partial charge in [0.05, 0.1) is 13.7 Å². The molecule has 0 fully saturated rings. The van der Waals surface area contributed by atoms with E-state index in [4.69, 9.17) is 38.0 Å². The smallest absolute Gasteiger partial charge is 0.341 e. The monoisotopic (exact) mass is 440 g/mol. The minimum Gasteiger partial charge on any atom is -0.490 e. The van der Waals surface area contributed by atoms with Crippen molar-refractivity contribution in [1.82, 2.24) is 0 Å². The van der Waals surface area contributed by atoms with Gasteiger partial charge in [-0.3, -0.25) is 0 Å². The SMILES string of the molecule is COC(=O)/C=C/c1ccc(F)c(OCCCCCCCC[Si](Cl)(Cl)Cl)c1. The number of rotatable bonds is 12. The fourth-order valence-corrected chi connectivity index (χ4v) is 4.14. The predicted molar refractivity (Wildman–Crippen MR) is 109 cm³/mol. The van der Waals surface area contributed by atoms with Gasteiger partial charge in [-0.2, -0.15) is 0 Å². The number of carbonyl (C=O) groups is 1. The van der Waals surface area contributed by atoms with Crippen molar-refractivity contribution in [2.45, 2.75) is 44.6 Å². The van der Waals surface area contributed by atoms with E-state index in [-0.39, 0.29) is 5.75 Å². The lowest BCUT2D eigenvalue weighted by atomic mass is 10.1. The highest BCUT2D eigenvalue weighted by Gasteiger charge is 2.23. The van der Waals surface area contributed by atoms with Gasteiger partial charge in [0.2, 0.25) is 0 Å². The van der Waals surface area contributed by atoms with Crippen LogP contribution in [0.15, 0.2) is 24.3 Å². The number of hydrogen-bond acceptors (Lipinski definition) is 3. The van der Waals surface area contributed by atoms with Gasteiger partial charge >= 0.3 is 12.0 Å². The molecular formula is C18H24Cl3FO3Si. The van der Waals surface area contributed by atoms with Crippen molar-refractivity contribution in [1.29, 1.82) is 0 Å². The van der Waals surface area contributed by atoms with Gasteiger partial charge in [0, 0.05) is 6.08 Å². The van der Waals surface area contributed by atoms with Gasteiger partial charge in [-0.15, -0.1) is 33.2 Å². The molecule has 1 aromatic rings. The van der Waals surface area contributed by atoms with E-state index in [1.165, 1.54) is 19.3 Å². The van der Waals surface area contributed by atoms with Crippen molar-refractivity contribution in [3.05, 3.63) is 35.7 Å². The zero-order valence-corrected chi connectivity index (χ0v) is 18.0. The maximum atomic E-state index is 13.8. The van der Waals surface area contributed by atoms with Crippen molar-refractivity contribution in [2.75, 3.05) is 13.7 Å². The summed E-state index contributed by atoms with van der Waals surface area (Å²) < 4.78 is 23.8. The molecule has 26 heavy (non-hydrogen) atoms. The lowest BCUT2D eigenvalue weighted by Gasteiger charge is -2.09. The minimum atomic E-state index is -2.47. The van der Waals surface area contributed by atoms with E-state index in [9.17, 15) is 9.18 Å². The Labute approximate surface area is 169 Å². The molecule has 0 aliphatic rings. The molecule has 146 valence electrons. The Kier molecular flexibility index (Phi) is 11.3. The molecule has 1 rings (SSSR count). The summed E-state index contributed by atoms with van der Waals surface area (Å²) in [5, 5.41) is 0. The minimum absolute atomic E-state index is 0.185. The molecule has 0 N–H and O–H groups in total. The molecule has 0 saturated carbocycles. The van der Waals surface area contributed by atoms with Crippen LogP contribution in [-0.4, -0.2) is 25.7 Å². The van der Waals surface area contributed by atoms with Crippen molar-refractivity contribution < 1.29 is 18.7 Å². The second kappa shape index (κ2) is 12.6. The summed E-state index contributed by atoms with van der Waals surface area (Å²) >= 11 is 17.5. The van der Waals surface area contributed by atoms with Crippen molar-refractivity contribution in [2.24, 2.45) is 0 Å². The van der Waals surface area contributed by atoms with Gasteiger partial charge in [-0.25, -0.2) is 9.18 Å². The number of ether oxygens (including phenoxy) is 2. The maximum absolute atomic E-state index is 13.8. The average Bonchev–Trinajstić information content (AvgIpc) is 2.59. The molecule has 0 aromatic heterocycles. The first-order chi connectivity index (χ1) is 12.3. The number of esters is 1. The summed E-state index contributed by atoms with van der Waals surface area (Å²) in [5.74, 6) is -0.700. The summed E-state index contributed by atoms with van der Waals surface area (Å²) in [6.07, 6.45) is 8.88. The summed E-state index contributed by atoms with van der Waals surface area (Å²) in [7, 11) is 1.30. The van der Waals surface area contributed by atoms with E-state index in [1.54, 1.807) is 18.2 Å². The maximum Gasteiger partial charge on any atom is 0.341 e. The number of unbranched alkanes of at least 4 members (excludes halogenated alkanes) is 5. The number of benzene rings is 1. The second-order valence-electron chi connectivity index (χ2n) is 5.88. The van der Waals surface area contributed by atoms with E-state index >= 15 is 0 Å². The molecule has 0 atom stereocenters. The molecule has 0 aliphatic carbocycles. The third-order valence-corrected chi connectivity index (χ3v) is 6.30. The molecule has 0 spiro atoms. The van der Waals surface area contributed by atoms with Crippen LogP contribution in [0.3, 0.4) is 0 Å². The third kappa shape index (κ3) is 11.1. The first kappa shape index (κ1) is 23.3. The molecule has 0 radical (unpaired) electrons. The summed E-state index contributed by atoms with van der Waals surface area (Å²) in [6, 6.07) is 2.69. The van der Waals surface area contributed by atoms with Crippen LogP contribution >= 0.6 is 33.2 Å². The van der Waals surface area contributed by atoms with Gasteiger partial charge < -0.3 is 9.47 Å². The van der Waals surface area contributed by atoms with Gasteiger partial charge in [0.15, 0.2) is 11.6 Å². The van der Waals surface area contributed by atoms with Gasteiger partial charge in [-0.1, -0.05) is 38.2 Å². The second-order valence-corrected chi connectivity index (χ2v) is 15.2. The first-order valence-corrected chi connectivity index (χ1v) is 13.8. The largest absolute Gasteiger partial charge is 0.490 e. The molecule has 1 aromatic carbocycles. The molecule has 0 unspecified atom stereocenters. The Balaban J connectivity index is 2.24. The quantitative estimate of drug-likeness (QED) is 0.124. The molecule has 0 heterocycles. The third-order valence-electron chi connectivity index (χ3n) is 3.68. The fraction of sp³-hybridized carbons (Fsp3) is 0.500. The number of hydrogen-bond donors (Lipinski definition) is 0. The Morgan fingerprint density at radius 1 is 1.12 bits per heavy atom. The Morgan fingerprint density at radius 3 is 2.42 bits per heavy atom.